The van der Waals surface area contributed by atoms with Crippen LogP contribution in [0, 0.1) is 0 Å². The molecule has 1 aromatic heterocycles. The van der Waals surface area contributed by atoms with E-state index in [1.54, 1.807) is 7.11 Å². The van der Waals surface area contributed by atoms with E-state index in [-0.39, 0.29) is 5.91 Å². The van der Waals surface area contributed by atoms with Gasteiger partial charge in [-0.05, 0) is 48.4 Å². The zero-order chi connectivity index (χ0) is 19.1. The third-order valence-electron chi connectivity index (χ3n) is 4.10. The number of methoxy groups -OCH3 is 1. The second-order valence-corrected chi connectivity index (χ2v) is 6.08. The molecular formula is C20H22N4O3. The molecule has 7 heteroatoms. The Morgan fingerprint density at radius 2 is 1.85 bits per heavy atom. The molecule has 0 aliphatic rings. The summed E-state index contributed by atoms with van der Waals surface area (Å²) < 4.78 is 10.4. The third-order valence-corrected chi connectivity index (χ3v) is 4.10. The van der Waals surface area contributed by atoms with Crippen LogP contribution in [0.2, 0.25) is 0 Å². The quantitative estimate of drug-likeness (QED) is 0.594. The number of hydrogen-bond acceptors (Lipinski definition) is 6. The minimum atomic E-state index is -0.0466. The van der Waals surface area contributed by atoms with Gasteiger partial charge in [0.15, 0.2) is 0 Å². The number of anilines is 1. The molecule has 0 aliphatic carbocycles. The van der Waals surface area contributed by atoms with E-state index in [0.29, 0.717) is 31.1 Å². The highest BCUT2D eigenvalue weighted by molar-refractivity contribution is 5.76. The van der Waals surface area contributed by atoms with Crippen LogP contribution in [-0.2, 0) is 17.6 Å². The number of nitrogens with two attached hydrogens (primary N) is 1. The summed E-state index contributed by atoms with van der Waals surface area (Å²) >= 11 is 0. The summed E-state index contributed by atoms with van der Waals surface area (Å²) in [6.07, 6.45) is 1.46. The summed E-state index contributed by atoms with van der Waals surface area (Å²) in [6.45, 7) is 0.573. The lowest BCUT2D eigenvalue weighted by atomic mass is 10.1. The van der Waals surface area contributed by atoms with E-state index in [1.807, 2.05) is 48.5 Å². The molecule has 3 rings (SSSR count). The number of carbonyl (C=O) groups is 1. The number of nitrogens with one attached hydrogen (secondary N) is 1. The first kappa shape index (κ1) is 18.4. The molecule has 0 aliphatic heterocycles. The molecule has 0 saturated heterocycles. The highest BCUT2D eigenvalue weighted by Crippen LogP contribution is 2.20. The Labute approximate surface area is 157 Å². The monoisotopic (exact) mass is 366 g/mol. The zero-order valence-corrected chi connectivity index (χ0v) is 15.1. The predicted octanol–water partition coefficient (Wildman–Crippen LogP) is 2.62. The number of benzene rings is 2. The molecule has 0 atom stereocenters. The van der Waals surface area contributed by atoms with Gasteiger partial charge in [0.05, 0.1) is 7.11 Å². The van der Waals surface area contributed by atoms with Crippen molar-refractivity contribution in [3.8, 4) is 17.1 Å². The minimum Gasteiger partial charge on any atom is -0.497 e. The second-order valence-electron chi connectivity index (χ2n) is 6.08. The van der Waals surface area contributed by atoms with Crippen LogP contribution >= 0.6 is 0 Å². The first-order valence-corrected chi connectivity index (χ1v) is 8.72. The number of carbonyl (C=O) groups excluding carboxylic acids is 1. The van der Waals surface area contributed by atoms with Gasteiger partial charge in [0, 0.05) is 30.6 Å². The lowest BCUT2D eigenvalue weighted by Crippen LogP contribution is -2.25. The van der Waals surface area contributed by atoms with Crippen LogP contribution in [0.5, 0.6) is 5.75 Å². The summed E-state index contributed by atoms with van der Waals surface area (Å²) in [5.74, 6) is 1.65. The van der Waals surface area contributed by atoms with Crippen LogP contribution in [0.3, 0.4) is 0 Å². The van der Waals surface area contributed by atoms with E-state index in [1.165, 1.54) is 0 Å². The molecule has 0 unspecified atom stereocenters. The van der Waals surface area contributed by atoms with Crippen molar-refractivity contribution in [3.63, 3.8) is 0 Å². The van der Waals surface area contributed by atoms with Crippen LogP contribution < -0.4 is 15.8 Å². The Morgan fingerprint density at radius 3 is 2.56 bits per heavy atom. The number of nitrogen functional groups attached to an aromatic ring is 1. The first-order valence-electron chi connectivity index (χ1n) is 8.72. The molecule has 140 valence electrons. The molecule has 0 spiro atoms. The van der Waals surface area contributed by atoms with Gasteiger partial charge in [-0.1, -0.05) is 17.3 Å². The maximum atomic E-state index is 12.0. The van der Waals surface area contributed by atoms with Gasteiger partial charge in [-0.2, -0.15) is 4.98 Å². The standard InChI is InChI=1S/C20H22N4O3/c1-26-17-8-4-15(5-9-17)20-23-19(27-24-20)11-10-18(25)22-13-12-14-2-6-16(21)7-3-14/h2-9H,10-13,21H2,1H3,(H,22,25). The normalized spacial score (nSPS) is 10.6. The summed E-state index contributed by atoms with van der Waals surface area (Å²) in [5.41, 5.74) is 8.35. The summed E-state index contributed by atoms with van der Waals surface area (Å²) in [7, 11) is 1.61. The molecule has 3 aromatic rings. The van der Waals surface area contributed by atoms with Crippen LogP contribution in [0.15, 0.2) is 53.1 Å². The number of hydrogen-bond donors (Lipinski definition) is 2. The highest BCUT2D eigenvalue weighted by Gasteiger charge is 2.10. The van der Waals surface area contributed by atoms with Crippen molar-refractivity contribution in [2.45, 2.75) is 19.3 Å². The van der Waals surface area contributed by atoms with E-state index < -0.39 is 0 Å². The third kappa shape index (κ3) is 5.31. The Balaban J connectivity index is 1.43. The fraction of sp³-hybridized carbons (Fsp3) is 0.250. The molecule has 0 bridgehead atoms. The van der Waals surface area contributed by atoms with Gasteiger partial charge < -0.3 is 20.3 Å². The minimum absolute atomic E-state index is 0.0466. The predicted molar refractivity (Wildman–Crippen MR) is 102 cm³/mol. The van der Waals surface area contributed by atoms with E-state index in [9.17, 15) is 4.79 Å². The van der Waals surface area contributed by atoms with Crippen LogP contribution in [0.1, 0.15) is 17.9 Å². The van der Waals surface area contributed by atoms with Crippen LogP contribution in [0.4, 0.5) is 5.69 Å². The molecule has 0 saturated carbocycles. The lowest BCUT2D eigenvalue weighted by molar-refractivity contribution is -0.121. The van der Waals surface area contributed by atoms with Crippen molar-refractivity contribution in [1.29, 1.82) is 0 Å². The van der Waals surface area contributed by atoms with Crippen molar-refractivity contribution < 1.29 is 14.1 Å². The maximum Gasteiger partial charge on any atom is 0.227 e. The molecule has 2 aromatic carbocycles. The van der Waals surface area contributed by atoms with Gasteiger partial charge in [-0.3, -0.25) is 4.79 Å². The van der Waals surface area contributed by atoms with Crippen molar-refractivity contribution >= 4 is 11.6 Å². The van der Waals surface area contributed by atoms with Crippen molar-refractivity contribution in [3.05, 3.63) is 60.0 Å². The van der Waals surface area contributed by atoms with Gasteiger partial charge >= 0.3 is 0 Å². The average molecular weight is 366 g/mol. The molecule has 1 heterocycles. The van der Waals surface area contributed by atoms with Crippen molar-refractivity contribution in [2.75, 3.05) is 19.4 Å². The van der Waals surface area contributed by atoms with Crippen LogP contribution in [-0.4, -0.2) is 29.7 Å². The lowest BCUT2D eigenvalue weighted by Gasteiger charge is -2.04. The topological polar surface area (TPSA) is 103 Å². The van der Waals surface area contributed by atoms with Crippen molar-refractivity contribution in [1.82, 2.24) is 15.5 Å². The number of aromatic nitrogens is 2. The first-order chi connectivity index (χ1) is 13.1. The van der Waals surface area contributed by atoms with E-state index in [4.69, 9.17) is 15.0 Å². The van der Waals surface area contributed by atoms with E-state index >= 15 is 0 Å². The second kappa shape index (κ2) is 8.84. The smallest absolute Gasteiger partial charge is 0.227 e. The number of nitrogens with zero attached hydrogens (tertiary/aromatic N) is 2. The Morgan fingerprint density at radius 1 is 1.11 bits per heavy atom. The SMILES string of the molecule is COc1ccc(-c2noc(CCC(=O)NCCc3ccc(N)cc3)n2)cc1. The molecule has 0 fully saturated rings. The van der Waals surface area contributed by atoms with E-state index in [0.717, 1.165) is 29.0 Å². The zero-order valence-electron chi connectivity index (χ0n) is 15.1. The van der Waals surface area contributed by atoms with Gasteiger partial charge in [0.2, 0.25) is 17.6 Å². The maximum absolute atomic E-state index is 12.0. The number of amides is 1. The number of rotatable bonds is 8. The molecular weight excluding hydrogens is 344 g/mol. The molecule has 7 nitrogen and oxygen atoms in total. The van der Waals surface area contributed by atoms with Crippen LogP contribution in [0.25, 0.3) is 11.4 Å². The molecule has 27 heavy (non-hydrogen) atoms. The largest absolute Gasteiger partial charge is 0.497 e. The van der Waals surface area contributed by atoms with Gasteiger partial charge in [-0.25, -0.2) is 0 Å². The Hall–Kier alpha value is -3.35. The van der Waals surface area contributed by atoms with Gasteiger partial charge in [0.25, 0.3) is 0 Å². The van der Waals surface area contributed by atoms with Gasteiger partial charge in [-0.15, -0.1) is 0 Å². The number of aryl methyl sites for hydroxylation is 1. The highest BCUT2D eigenvalue weighted by atomic mass is 16.5. The summed E-state index contributed by atoms with van der Waals surface area (Å²) in [4.78, 5) is 16.3. The van der Waals surface area contributed by atoms with E-state index in [2.05, 4.69) is 15.5 Å². The van der Waals surface area contributed by atoms with Crippen molar-refractivity contribution in [2.24, 2.45) is 0 Å². The molecule has 0 radical (unpaired) electrons. The Kier molecular flexibility index (Phi) is 6.04. The Bertz CT molecular complexity index is 873. The van der Waals surface area contributed by atoms with Gasteiger partial charge in [0.1, 0.15) is 5.75 Å². The summed E-state index contributed by atoms with van der Waals surface area (Å²) in [5, 5.41) is 6.85. The average Bonchev–Trinajstić information content (AvgIpc) is 3.17. The fourth-order valence-electron chi connectivity index (χ4n) is 2.55. The molecule has 3 N–H and O–H groups in total. The number of ether oxygens (including phenoxy) is 1. The summed E-state index contributed by atoms with van der Waals surface area (Å²) in [6, 6.07) is 15.0. The molecule has 1 amide bonds. The fourth-order valence-corrected chi connectivity index (χ4v) is 2.55.